The highest BCUT2D eigenvalue weighted by atomic mass is 16.3. The number of aliphatic hydroxyl groups excluding tert-OH is 1. The maximum Gasteiger partial charge on any atom is 0.118 e. The fourth-order valence-corrected chi connectivity index (χ4v) is 3.01. The molecule has 0 aliphatic carbocycles. The second kappa shape index (κ2) is 8.51. The summed E-state index contributed by atoms with van der Waals surface area (Å²) in [4.78, 5) is 4.92. The van der Waals surface area contributed by atoms with Gasteiger partial charge in [-0.2, -0.15) is 0 Å². The third-order valence-electron chi connectivity index (χ3n) is 4.19. The monoisotopic (exact) mass is 306 g/mol. The van der Waals surface area contributed by atoms with Crippen molar-refractivity contribution in [2.45, 2.75) is 39.8 Å². The van der Waals surface area contributed by atoms with E-state index in [1.54, 1.807) is 0 Å². The van der Waals surface area contributed by atoms with Gasteiger partial charge >= 0.3 is 0 Å². The van der Waals surface area contributed by atoms with Crippen LogP contribution >= 0.6 is 0 Å². The Kier molecular flexibility index (Phi) is 6.68. The molecule has 1 unspecified atom stereocenters. The van der Waals surface area contributed by atoms with Crippen molar-refractivity contribution in [1.29, 1.82) is 0 Å². The van der Waals surface area contributed by atoms with Crippen molar-refractivity contribution in [2.75, 3.05) is 32.8 Å². The van der Waals surface area contributed by atoms with E-state index in [-0.39, 0.29) is 6.61 Å². The van der Waals surface area contributed by atoms with Crippen LogP contribution in [-0.4, -0.2) is 53.7 Å². The summed E-state index contributed by atoms with van der Waals surface area (Å²) in [6.45, 7) is 11.6. The van der Waals surface area contributed by atoms with Gasteiger partial charge in [0.15, 0.2) is 0 Å². The normalized spacial score (nSPS) is 21.2. The van der Waals surface area contributed by atoms with E-state index in [2.05, 4.69) is 41.9 Å². The van der Waals surface area contributed by atoms with E-state index < -0.39 is 0 Å². The second-order valence-corrected chi connectivity index (χ2v) is 6.58. The lowest BCUT2D eigenvalue weighted by atomic mass is 10.1. The quantitative estimate of drug-likeness (QED) is 0.786. The predicted molar refractivity (Wildman–Crippen MR) is 89.8 cm³/mol. The number of rotatable bonds is 7. The molecule has 2 rings (SSSR count). The maximum atomic E-state index is 9.36. The number of nitrogens with zero attached hydrogens (tertiary/aromatic N) is 2. The lowest BCUT2D eigenvalue weighted by Gasteiger charge is -2.40. The van der Waals surface area contributed by atoms with E-state index in [9.17, 15) is 5.11 Å². The maximum absolute atomic E-state index is 9.36. The fraction of sp³-hybridized carbons (Fsp3) is 0.667. The van der Waals surface area contributed by atoms with Gasteiger partial charge in [0, 0.05) is 38.8 Å². The summed E-state index contributed by atoms with van der Waals surface area (Å²) in [6, 6.07) is 4.48. The van der Waals surface area contributed by atoms with Crippen LogP contribution in [0.3, 0.4) is 0 Å². The van der Waals surface area contributed by atoms with Gasteiger partial charge in [0.05, 0.1) is 6.54 Å². The minimum absolute atomic E-state index is 0.244. The van der Waals surface area contributed by atoms with Crippen LogP contribution in [0.15, 0.2) is 28.7 Å². The first-order chi connectivity index (χ1) is 10.6. The topological polar surface area (TPSA) is 39.9 Å². The molecular formula is C18H30N2O2. The summed E-state index contributed by atoms with van der Waals surface area (Å²) >= 11 is 0. The van der Waals surface area contributed by atoms with E-state index in [1.165, 1.54) is 0 Å². The van der Waals surface area contributed by atoms with E-state index in [0.29, 0.717) is 12.0 Å². The standard InChI is InChI=1S/C18H30N2O2/c1-15(2)5-4-9-19-10-11-20(17(13-19)8-12-21)14-18-7-6-16(3)22-18/h4-7,15,17,21H,8-14H2,1-3H3/b5-4+. The fourth-order valence-electron chi connectivity index (χ4n) is 3.01. The van der Waals surface area contributed by atoms with Crippen molar-refractivity contribution in [2.24, 2.45) is 5.92 Å². The molecule has 1 saturated heterocycles. The van der Waals surface area contributed by atoms with E-state index in [4.69, 9.17) is 4.42 Å². The molecule has 0 aromatic carbocycles. The lowest BCUT2D eigenvalue weighted by Crippen LogP contribution is -2.52. The van der Waals surface area contributed by atoms with Gasteiger partial charge in [-0.05, 0) is 31.4 Å². The van der Waals surface area contributed by atoms with Gasteiger partial charge in [-0.3, -0.25) is 9.80 Å². The summed E-state index contributed by atoms with van der Waals surface area (Å²) in [5, 5.41) is 9.36. The third kappa shape index (κ3) is 5.27. The molecular weight excluding hydrogens is 276 g/mol. The molecule has 1 aromatic heterocycles. The zero-order chi connectivity index (χ0) is 15.9. The molecule has 0 saturated carbocycles. The van der Waals surface area contributed by atoms with Crippen molar-refractivity contribution < 1.29 is 9.52 Å². The third-order valence-corrected chi connectivity index (χ3v) is 4.19. The van der Waals surface area contributed by atoms with Gasteiger partial charge in [-0.25, -0.2) is 0 Å². The first-order valence-corrected chi connectivity index (χ1v) is 8.37. The minimum Gasteiger partial charge on any atom is -0.465 e. The van der Waals surface area contributed by atoms with Crippen LogP contribution in [0.1, 0.15) is 31.8 Å². The van der Waals surface area contributed by atoms with Gasteiger partial charge in [0.1, 0.15) is 11.5 Å². The first kappa shape index (κ1) is 17.3. The molecule has 1 aliphatic heterocycles. The molecule has 4 nitrogen and oxygen atoms in total. The highest BCUT2D eigenvalue weighted by molar-refractivity contribution is 5.06. The van der Waals surface area contributed by atoms with Gasteiger partial charge in [-0.1, -0.05) is 26.0 Å². The molecule has 1 aromatic rings. The SMILES string of the molecule is Cc1ccc(CN2CCN(C/C=C/C(C)C)CC2CCO)o1. The Morgan fingerprint density at radius 2 is 2.18 bits per heavy atom. The number of furan rings is 1. The summed E-state index contributed by atoms with van der Waals surface area (Å²) in [5.41, 5.74) is 0. The van der Waals surface area contributed by atoms with E-state index >= 15 is 0 Å². The second-order valence-electron chi connectivity index (χ2n) is 6.58. The summed E-state index contributed by atoms with van der Waals surface area (Å²) in [7, 11) is 0. The Morgan fingerprint density at radius 3 is 2.82 bits per heavy atom. The average molecular weight is 306 g/mol. The highest BCUT2D eigenvalue weighted by Gasteiger charge is 2.26. The molecule has 124 valence electrons. The summed E-state index contributed by atoms with van der Waals surface area (Å²) < 4.78 is 5.70. The molecule has 0 spiro atoms. The Balaban J connectivity index is 1.90. The number of aliphatic hydroxyl groups is 1. The van der Waals surface area contributed by atoms with Crippen LogP contribution < -0.4 is 0 Å². The average Bonchev–Trinajstić information content (AvgIpc) is 2.87. The Labute approximate surface area is 134 Å². The summed E-state index contributed by atoms with van der Waals surface area (Å²) in [6.07, 6.45) is 5.36. The highest BCUT2D eigenvalue weighted by Crippen LogP contribution is 2.18. The molecule has 0 radical (unpaired) electrons. The van der Waals surface area contributed by atoms with Gasteiger partial charge in [0.25, 0.3) is 0 Å². The van der Waals surface area contributed by atoms with Crippen LogP contribution in [-0.2, 0) is 6.54 Å². The zero-order valence-electron chi connectivity index (χ0n) is 14.2. The minimum atomic E-state index is 0.244. The van der Waals surface area contributed by atoms with Gasteiger partial charge in [-0.15, -0.1) is 0 Å². The van der Waals surface area contributed by atoms with Gasteiger partial charge < -0.3 is 9.52 Å². The number of piperazine rings is 1. The van der Waals surface area contributed by atoms with Crippen molar-refractivity contribution in [3.63, 3.8) is 0 Å². The molecule has 0 amide bonds. The molecule has 1 N–H and O–H groups in total. The van der Waals surface area contributed by atoms with Crippen LogP contribution in [0.5, 0.6) is 0 Å². The number of hydrogen-bond donors (Lipinski definition) is 1. The molecule has 4 heteroatoms. The van der Waals surface area contributed by atoms with Crippen molar-refractivity contribution in [1.82, 2.24) is 9.80 Å². The van der Waals surface area contributed by atoms with Crippen molar-refractivity contribution in [3.05, 3.63) is 35.8 Å². The van der Waals surface area contributed by atoms with Crippen molar-refractivity contribution in [3.8, 4) is 0 Å². The first-order valence-electron chi connectivity index (χ1n) is 8.37. The predicted octanol–water partition coefficient (Wildman–Crippen LogP) is 2.67. The smallest absolute Gasteiger partial charge is 0.118 e. The van der Waals surface area contributed by atoms with Crippen LogP contribution in [0.25, 0.3) is 0 Å². The Bertz CT molecular complexity index is 467. The van der Waals surface area contributed by atoms with Crippen LogP contribution in [0.4, 0.5) is 0 Å². The zero-order valence-corrected chi connectivity index (χ0v) is 14.2. The molecule has 1 aliphatic rings. The number of allylic oxidation sites excluding steroid dienone is 1. The van der Waals surface area contributed by atoms with E-state index in [1.807, 2.05) is 13.0 Å². The summed E-state index contributed by atoms with van der Waals surface area (Å²) in [5.74, 6) is 2.59. The molecule has 22 heavy (non-hydrogen) atoms. The molecule has 0 bridgehead atoms. The number of aryl methyl sites for hydroxylation is 1. The lowest BCUT2D eigenvalue weighted by molar-refractivity contribution is 0.0546. The Hall–Kier alpha value is -1.10. The Morgan fingerprint density at radius 1 is 1.36 bits per heavy atom. The molecule has 1 atom stereocenters. The molecule has 1 fully saturated rings. The molecule has 2 heterocycles. The van der Waals surface area contributed by atoms with Crippen LogP contribution in [0.2, 0.25) is 0 Å². The van der Waals surface area contributed by atoms with E-state index in [0.717, 1.165) is 50.7 Å². The number of hydrogen-bond acceptors (Lipinski definition) is 4. The van der Waals surface area contributed by atoms with Gasteiger partial charge in [0.2, 0.25) is 0 Å². The largest absolute Gasteiger partial charge is 0.465 e. The van der Waals surface area contributed by atoms with Crippen molar-refractivity contribution >= 4 is 0 Å². The van der Waals surface area contributed by atoms with Crippen LogP contribution in [0, 0.1) is 12.8 Å².